The van der Waals surface area contributed by atoms with E-state index in [1.165, 1.54) is 23.1 Å². The third-order valence-electron chi connectivity index (χ3n) is 2.39. The van der Waals surface area contributed by atoms with E-state index in [2.05, 4.69) is 20.2 Å². The summed E-state index contributed by atoms with van der Waals surface area (Å²) >= 11 is 2.92. The van der Waals surface area contributed by atoms with Gasteiger partial charge >= 0.3 is 0 Å². The van der Waals surface area contributed by atoms with Crippen molar-refractivity contribution in [3.05, 3.63) is 22.7 Å². The molecule has 6 nitrogen and oxygen atoms in total. The molecule has 0 aliphatic carbocycles. The number of nitrogens with zero attached hydrogens (tertiary/aromatic N) is 4. The topological polar surface area (TPSA) is 74.8 Å². The van der Waals surface area contributed by atoms with E-state index in [-0.39, 0.29) is 5.91 Å². The predicted octanol–water partition coefficient (Wildman–Crippen LogP) is 1.63. The van der Waals surface area contributed by atoms with E-state index in [0.29, 0.717) is 12.3 Å². The van der Waals surface area contributed by atoms with Crippen molar-refractivity contribution in [3.63, 3.8) is 0 Å². The average Bonchev–Trinajstić information content (AvgIpc) is 2.95. The van der Waals surface area contributed by atoms with Gasteiger partial charge in [0.05, 0.1) is 12.3 Å². The van der Waals surface area contributed by atoms with Crippen molar-refractivity contribution >= 4 is 29.0 Å². The summed E-state index contributed by atoms with van der Waals surface area (Å²) in [7, 11) is 1.77. The average molecular weight is 297 g/mol. The summed E-state index contributed by atoms with van der Waals surface area (Å²) in [5.74, 6) is 1.21. The minimum absolute atomic E-state index is 0.0481. The van der Waals surface area contributed by atoms with Crippen LogP contribution in [0.1, 0.15) is 16.5 Å². The Hall–Kier alpha value is -1.41. The van der Waals surface area contributed by atoms with Crippen molar-refractivity contribution in [1.82, 2.24) is 25.1 Å². The summed E-state index contributed by atoms with van der Waals surface area (Å²) in [4.78, 5) is 20.9. The van der Waals surface area contributed by atoms with Crippen LogP contribution in [0.25, 0.3) is 0 Å². The van der Waals surface area contributed by atoms with Crippen molar-refractivity contribution < 1.29 is 4.79 Å². The Bertz CT molecular complexity index is 565. The molecule has 0 saturated heterocycles. The van der Waals surface area contributed by atoms with Gasteiger partial charge in [0.1, 0.15) is 10.8 Å². The third-order valence-corrected chi connectivity index (χ3v) is 4.35. The summed E-state index contributed by atoms with van der Waals surface area (Å²) in [6.45, 7) is 4.32. The van der Waals surface area contributed by atoms with Crippen molar-refractivity contribution in [2.75, 3.05) is 12.8 Å². The molecule has 0 bridgehead atoms. The molecule has 0 radical (unpaired) electrons. The molecule has 0 spiro atoms. The summed E-state index contributed by atoms with van der Waals surface area (Å²) in [5.41, 5.74) is 0.995. The quantitative estimate of drug-likeness (QED) is 0.849. The summed E-state index contributed by atoms with van der Waals surface area (Å²) in [6.07, 6.45) is 1.76. The Labute approximate surface area is 119 Å². The number of nitrogens with one attached hydrogen (secondary N) is 1. The lowest BCUT2D eigenvalue weighted by molar-refractivity contribution is -0.127. The molecule has 0 unspecified atom stereocenters. The molecule has 0 aromatic carbocycles. The molecule has 1 amide bonds. The van der Waals surface area contributed by atoms with Crippen LogP contribution in [0.2, 0.25) is 0 Å². The maximum atomic E-state index is 12.0. The Kier molecular flexibility index (Phi) is 4.54. The van der Waals surface area contributed by atoms with Gasteiger partial charge in [-0.2, -0.15) is 0 Å². The number of aryl methyl sites for hydroxylation is 2. The lowest BCUT2D eigenvalue weighted by Crippen LogP contribution is -2.28. The molecular formula is C11H15N5OS2. The van der Waals surface area contributed by atoms with Gasteiger partial charge in [-0.05, 0) is 13.8 Å². The molecule has 19 heavy (non-hydrogen) atoms. The molecule has 1 N–H and O–H groups in total. The van der Waals surface area contributed by atoms with E-state index < -0.39 is 0 Å². The Morgan fingerprint density at radius 3 is 2.84 bits per heavy atom. The van der Waals surface area contributed by atoms with Crippen molar-refractivity contribution in [2.45, 2.75) is 24.7 Å². The Morgan fingerprint density at radius 2 is 2.26 bits per heavy atom. The van der Waals surface area contributed by atoms with Gasteiger partial charge in [-0.3, -0.25) is 4.79 Å². The number of imidazole rings is 1. The highest BCUT2D eigenvalue weighted by atomic mass is 32.2. The Morgan fingerprint density at radius 1 is 1.47 bits per heavy atom. The zero-order chi connectivity index (χ0) is 13.8. The molecule has 0 fully saturated rings. The van der Waals surface area contributed by atoms with Gasteiger partial charge in [0.15, 0.2) is 4.34 Å². The van der Waals surface area contributed by atoms with Crippen LogP contribution in [0.5, 0.6) is 0 Å². The Balaban J connectivity index is 1.82. The van der Waals surface area contributed by atoms with Gasteiger partial charge in [0, 0.05) is 18.9 Å². The largest absolute Gasteiger partial charge is 0.345 e. The zero-order valence-electron chi connectivity index (χ0n) is 11.0. The smallest absolute Gasteiger partial charge is 0.233 e. The standard InChI is InChI=1S/C11H15N5OS2/c1-7-4-12-9(13-7)5-16(3)10(17)6-18-11-15-14-8(2)19-11/h4H,5-6H2,1-3H3,(H,12,13). The van der Waals surface area contributed by atoms with Gasteiger partial charge in [-0.15, -0.1) is 10.2 Å². The van der Waals surface area contributed by atoms with Crippen LogP contribution < -0.4 is 0 Å². The molecule has 2 heterocycles. The number of aromatic nitrogens is 4. The monoisotopic (exact) mass is 297 g/mol. The van der Waals surface area contributed by atoms with Crippen molar-refractivity contribution in [3.8, 4) is 0 Å². The maximum absolute atomic E-state index is 12.0. The van der Waals surface area contributed by atoms with Crippen LogP contribution in [-0.2, 0) is 11.3 Å². The van der Waals surface area contributed by atoms with Gasteiger partial charge in [-0.1, -0.05) is 23.1 Å². The predicted molar refractivity (Wildman–Crippen MR) is 75.2 cm³/mol. The molecule has 8 heteroatoms. The van der Waals surface area contributed by atoms with E-state index in [4.69, 9.17) is 0 Å². The number of hydrogen-bond donors (Lipinski definition) is 1. The fourth-order valence-corrected chi connectivity index (χ4v) is 3.19. The van der Waals surface area contributed by atoms with Crippen LogP contribution in [0, 0.1) is 13.8 Å². The van der Waals surface area contributed by atoms with Crippen LogP contribution in [-0.4, -0.2) is 43.8 Å². The van der Waals surface area contributed by atoms with Gasteiger partial charge in [0.2, 0.25) is 5.91 Å². The number of H-pyrrole nitrogens is 1. The molecule has 102 valence electrons. The van der Waals surface area contributed by atoms with E-state index in [1.807, 2.05) is 13.8 Å². The first-order chi connectivity index (χ1) is 9.04. The first kappa shape index (κ1) is 14.0. The fourth-order valence-electron chi connectivity index (χ4n) is 1.43. The molecule has 2 aromatic heterocycles. The van der Waals surface area contributed by atoms with E-state index in [9.17, 15) is 4.79 Å². The molecule has 2 rings (SSSR count). The first-order valence-corrected chi connectivity index (χ1v) is 7.52. The number of rotatable bonds is 5. The van der Waals surface area contributed by atoms with Gasteiger partial charge < -0.3 is 9.88 Å². The molecule has 2 aromatic rings. The van der Waals surface area contributed by atoms with Crippen molar-refractivity contribution in [1.29, 1.82) is 0 Å². The van der Waals surface area contributed by atoms with E-state index in [0.717, 1.165) is 20.9 Å². The number of amides is 1. The number of hydrogen-bond acceptors (Lipinski definition) is 6. The fraction of sp³-hybridized carbons (Fsp3) is 0.455. The van der Waals surface area contributed by atoms with Crippen LogP contribution in [0.15, 0.2) is 10.5 Å². The second kappa shape index (κ2) is 6.16. The highest BCUT2D eigenvalue weighted by Gasteiger charge is 2.12. The summed E-state index contributed by atoms with van der Waals surface area (Å²) in [6, 6.07) is 0. The minimum Gasteiger partial charge on any atom is -0.345 e. The van der Waals surface area contributed by atoms with E-state index >= 15 is 0 Å². The third kappa shape index (κ3) is 4.03. The van der Waals surface area contributed by atoms with E-state index in [1.54, 1.807) is 18.1 Å². The van der Waals surface area contributed by atoms with Crippen LogP contribution in [0.3, 0.4) is 0 Å². The maximum Gasteiger partial charge on any atom is 0.233 e. The van der Waals surface area contributed by atoms with Crippen LogP contribution in [0.4, 0.5) is 0 Å². The second-order valence-electron chi connectivity index (χ2n) is 4.14. The summed E-state index contributed by atoms with van der Waals surface area (Å²) < 4.78 is 0.827. The van der Waals surface area contributed by atoms with Gasteiger partial charge in [-0.25, -0.2) is 4.98 Å². The molecular weight excluding hydrogens is 282 g/mol. The number of carbonyl (C=O) groups excluding carboxylic acids is 1. The van der Waals surface area contributed by atoms with Crippen LogP contribution >= 0.6 is 23.1 Å². The molecule has 0 atom stereocenters. The first-order valence-electron chi connectivity index (χ1n) is 5.72. The normalized spacial score (nSPS) is 10.7. The number of thioether (sulfide) groups is 1. The highest BCUT2D eigenvalue weighted by molar-refractivity contribution is 8.01. The highest BCUT2D eigenvalue weighted by Crippen LogP contribution is 2.21. The van der Waals surface area contributed by atoms with Gasteiger partial charge in [0.25, 0.3) is 0 Å². The zero-order valence-corrected chi connectivity index (χ0v) is 12.6. The minimum atomic E-state index is 0.0481. The molecule has 0 aliphatic rings. The number of carbonyl (C=O) groups is 1. The SMILES string of the molecule is Cc1cnc(CN(C)C(=O)CSc2nnc(C)s2)[nH]1. The lowest BCUT2D eigenvalue weighted by Gasteiger charge is -2.14. The summed E-state index contributed by atoms with van der Waals surface area (Å²) in [5, 5.41) is 8.81. The molecule has 0 saturated carbocycles. The molecule has 0 aliphatic heterocycles. The lowest BCUT2D eigenvalue weighted by atomic mass is 10.5. The second-order valence-corrected chi connectivity index (χ2v) is 6.54. The number of aromatic amines is 1. The van der Waals surface area contributed by atoms with Crippen molar-refractivity contribution in [2.24, 2.45) is 0 Å².